The molecule has 3 rings (SSSR count). The van der Waals surface area contributed by atoms with E-state index in [1.165, 1.54) is 12.4 Å². The molecule has 0 radical (unpaired) electrons. The Morgan fingerprint density at radius 1 is 1.24 bits per heavy atom. The van der Waals surface area contributed by atoms with Gasteiger partial charge < -0.3 is 15.0 Å². The van der Waals surface area contributed by atoms with Crippen molar-refractivity contribution >= 4 is 17.8 Å². The van der Waals surface area contributed by atoms with E-state index in [2.05, 4.69) is 20.3 Å². The molecule has 3 heterocycles. The van der Waals surface area contributed by atoms with E-state index in [-0.39, 0.29) is 11.9 Å². The molecule has 0 aliphatic carbocycles. The van der Waals surface area contributed by atoms with E-state index in [1.54, 1.807) is 36.4 Å². The van der Waals surface area contributed by atoms with E-state index >= 15 is 0 Å². The van der Waals surface area contributed by atoms with Gasteiger partial charge in [-0.05, 0) is 25.5 Å². The maximum Gasteiger partial charge on any atom is 0.341 e. The maximum absolute atomic E-state index is 12.4. The van der Waals surface area contributed by atoms with Crippen molar-refractivity contribution in [2.24, 2.45) is 0 Å². The Hall–Kier alpha value is -3.03. The SMILES string of the molecule is CCOC(=O)c1cnc(NC2CCN(C(=O)c3ccncc3)C2)nc1. The molecule has 1 unspecified atom stereocenters. The van der Waals surface area contributed by atoms with Gasteiger partial charge in [0.25, 0.3) is 5.91 Å². The zero-order valence-electron chi connectivity index (χ0n) is 13.9. The number of rotatable bonds is 5. The van der Waals surface area contributed by atoms with Crippen LogP contribution in [0.1, 0.15) is 34.1 Å². The number of hydrogen-bond donors (Lipinski definition) is 1. The van der Waals surface area contributed by atoms with Crippen LogP contribution in [0.4, 0.5) is 5.95 Å². The van der Waals surface area contributed by atoms with Gasteiger partial charge >= 0.3 is 5.97 Å². The third-order valence-corrected chi connectivity index (χ3v) is 3.90. The number of aromatic nitrogens is 3. The number of pyridine rings is 1. The Labute approximate surface area is 145 Å². The molecule has 1 saturated heterocycles. The minimum absolute atomic E-state index is 0.00900. The predicted octanol–water partition coefficient (Wildman–Crippen LogP) is 1.37. The maximum atomic E-state index is 12.4. The van der Waals surface area contributed by atoms with Crippen LogP contribution in [-0.4, -0.2) is 57.5 Å². The number of hydrogen-bond acceptors (Lipinski definition) is 7. The highest BCUT2D eigenvalue weighted by molar-refractivity contribution is 5.94. The molecule has 1 aliphatic rings. The van der Waals surface area contributed by atoms with Crippen LogP contribution >= 0.6 is 0 Å². The average molecular weight is 341 g/mol. The van der Waals surface area contributed by atoms with Gasteiger partial charge in [0.05, 0.1) is 12.2 Å². The summed E-state index contributed by atoms with van der Waals surface area (Å²) in [5.74, 6) is -0.0226. The molecule has 25 heavy (non-hydrogen) atoms. The largest absolute Gasteiger partial charge is 0.462 e. The Morgan fingerprint density at radius 2 is 1.96 bits per heavy atom. The number of anilines is 1. The number of amides is 1. The number of nitrogens with zero attached hydrogens (tertiary/aromatic N) is 4. The van der Waals surface area contributed by atoms with Crippen molar-refractivity contribution in [1.29, 1.82) is 0 Å². The molecule has 1 aliphatic heterocycles. The van der Waals surface area contributed by atoms with Crippen LogP contribution in [0.15, 0.2) is 36.9 Å². The second-order valence-corrected chi connectivity index (χ2v) is 5.63. The average Bonchev–Trinajstić information content (AvgIpc) is 3.11. The molecular weight excluding hydrogens is 322 g/mol. The van der Waals surface area contributed by atoms with Crippen molar-refractivity contribution in [3.63, 3.8) is 0 Å². The van der Waals surface area contributed by atoms with Crippen molar-refractivity contribution in [2.45, 2.75) is 19.4 Å². The Morgan fingerprint density at radius 3 is 2.64 bits per heavy atom. The summed E-state index contributed by atoms with van der Waals surface area (Å²) >= 11 is 0. The van der Waals surface area contributed by atoms with E-state index < -0.39 is 5.97 Å². The van der Waals surface area contributed by atoms with Crippen LogP contribution in [0.3, 0.4) is 0 Å². The fourth-order valence-corrected chi connectivity index (χ4v) is 2.64. The first-order chi connectivity index (χ1) is 12.2. The summed E-state index contributed by atoms with van der Waals surface area (Å²) in [5.41, 5.74) is 0.944. The van der Waals surface area contributed by atoms with Crippen LogP contribution in [0, 0.1) is 0 Å². The van der Waals surface area contributed by atoms with Crippen molar-refractivity contribution in [2.75, 3.05) is 25.0 Å². The van der Waals surface area contributed by atoms with E-state index in [1.807, 2.05) is 0 Å². The number of likely N-dealkylation sites (tertiary alicyclic amines) is 1. The molecule has 1 N–H and O–H groups in total. The lowest BCUT2D eigenvalue weighted by Crippen LogP contribution is -2.31. The monoisotopic (exact) mass is 341 g/mol. The van der Waals surface area contributed by atoms with Gasteiger partial charge in [0.1, 0.15) is 0 Å². The lowest BCUT2D eigenvalue weighted by molar-refractivity contribution is 0.0525. The highest BCUT2D eigenvalue weighted by Crippen LogP contribution is 2.16. The predicted molar refractivity (Wildman–Crippen MR) is 90.2 cm³/mol. The molecule has 1 amide bonds. The lowest BCUT2D eigenvalue weighted by Gasteiger charge is -2.17. The topological polar surface area (TPSA) is 97.3 Å². The van der Waals surface area contributed by atoms with Crippen LogP contribution in [0.5, 0.6) is 0 Å². The first-order valence-electron chi connectivity index (χ1n) is 8.12. The Balaban J connectivity index is 1.56. The zero-order valence-corrected chi connectivity index (χ0v) is 13.9. The van der Waals surface area contributed by atoms with Gasteiger partial charge in [-0.25, -0.2) is 14.8 Å². The molecule has 8 heteroatoms. The molecule has 0 spiro atoms. The van der Waals surface area contributed by atoms with E-state index in [4.69, 9.17) is 4.74 Å². The van der Waals surface area contributed by atoms with Gasteiger partial charge in [-0.1, -0.05) is 0 Å². The third kappa shape index (κ3) is 4.09. The molecule has 1 atom stereocenters. The Bertz CT molecular complexity index is 736. The van der Waals surface area contributed by atoms with Crippen LogP contribution in [0.25, 0.3) is 0 Å². The zero-order chi connectivity index (χ0) is 17.6. The lowest BCUT2D eigenvalue weighted by atomic mass is 10.2. The van der Waals surface area contributed by atoms with Crippen LogP contribution < -0.4 is 5.32 Å². The van der Waals surface area contributed by atoms with E-state index in [9.17, 15) is 9.59 Å². The number of carbonyl (C=O) groups excluding carboxylic acids is 2. The standard InChI is InChI=1S/C17H19N5O3/c1-2-25-16(24)13-9-19-17(20-10-13)21-14-5-8-22(11-14)15(23)12-3-6-18-7-4-12/h3-4,6-7,9-10,14H,2,5,8,11H2,1H3,(H,19,20,21). The first kappa shape index (κ1) is 16.8. The molecule has 2 aromatic heterocycles. The summed E-state index contributed by atoms with van der Waals surface area (Å²) in [4.78, 5) is 38.0. The number of carbonyl (C=O) groups is 2. The second kappa shape index (κ2) is 7.69. The Kier molecular flexibility index (Phi) is 5.17. The van der Waals surface area contributed by atoms with Gasteiger partial charge in [0.2, 0.25) is 5.95 Å². The molecule has 1 fully saturated rings. The third-order valence-electron chi connectivity index (χ3n) is 3.90. The van der Waals surface area contributed by atoms with Gasteiger partial charge in [-0.3, -0.25) is 9.78 Å². The van der Waals surface area contributed by atoms with Gasteiger partial charge in [0.15, 0.2) is 0 Å². The smallest absolute Gasteiger partial charge is 0.341 e. The minimum Gasteiger partial charge on any atom is -0.462 e. The summed E-state index contributed by atoms with van der Waals surface area (Å²) in [7, 11) is 0. The van der Waals surface area contributed by atoms with Crippen LogP contribution in [0.2, 0.25) is 0 Å². The summed E-state index contributed by atoms with van der Waals surface area (Å²) < 4.78 is 4.90. The van der Waals surface area contributed by atoms with Gasteiger partial charge in [-0.2, -0.15) is 0 Å². The second-order valence-electron chi connectivity index (χ2n) is 5.63. The molecule has 0 aromatic carbocycles. The van der Waals surface area contributed by atoms with Gasteiger partial charge in [-0.15, -0.1) is 0 Å². The quantitative estimate of drug-likeness (QED) is 0.820. The molecule has 130 valence electrons. The minimum atomic E-state index is -0.441. The highest BCUT2D eigenvalue weighted by Gasteiger charge is 2.27. The summed E-state index contributed by atoms with van der Waals surface area (Å²) in [6.45, 7) is 3.29. The van der Waals surface area contributed by atoms with Crippen molar-refractivity contribution in [1.82, 2.24) is 19.9 Å². The fourth-order valence-electron chi connectivity index (χ4n) is 2.64. The van der Waals surface area contributed by atoms with E-state index in [0.29, 0.717) is 36.8 Å². The number of esters is 1. The van der Waals surface area contributed by atoms with Gasteiger partial charge in [0, 0.05) is 49.5 Å². The van der Waals surface area contributed by atoms with Crippen molar-refractivity contribution in [3.05, 3.63) is 48.0 Å². The molecule has 8 nitrogen and oxygen atoms in total. The number of ether oxygens (including phenoxy) is 1. The summed E-state index contributed by atoms with van der Waals surface area (Å²) in [6.07, 6.45) is 6.89. The molecular formula is C17H19N5O3. The summed E-state index contributed by atoms with van der Waals surface area (Å²) in [5, 5.41) is 3.19. The molecule has 2 aromatic rings. The highest BCUT2D eigenvalue weighted by atomic mass is 16.5. The van der Waals surface area contributed by atoms with E-state index in [0.717, 1.165) is 6.42 Å². The molecule has 0 bridgehead atoms. The molecule has 0 saturated carbocycles. The first-order valence-corrected chi connectivity index (χ1v) is 8.12. The fraction of sp³-hybridized carbons (Fsp3) is 0.353. The van der Waals surface area contributed by atoms with Crippen LogP contribution in [-0.2, 0) is 4.74 Å². The van der Waals surface area contributed by atoms with Crippen molar-refractivity contribution in [3.8, 4) is 0 Å². The summed E-state index contributed by atoms with van der Waals surface area (Å²) in [6, 6.07) is 3.49. The number of nitrogens with one attached hydrogen (secondary N) is 1. The normalized spacial score (nSPS) is 16.5. The van der Waals surface area contributed by atoms with Crippen molar-refractivity contribution < 1.29 is 14.3 Å².